The van der Waals surface area contributed by atoms with Crippen LogP contribution in [0.3, 0.4) is 0 Å². The Morgan fingerprint density at radius 2 is 1.03 bits per heavy atom. The molecule has 0 unspecified atom stereocenters. The second-order valence-corrected chi connectivity index (χ2v) is 19.7. The van der Waals surface area contributed by atoms with Crippen molar-refractivity contribution in [2.75, 3.05) is 4.90 Å². The summed E-state index contributed by atoms with van der Waals surface area (Å²) >= 11 is 3.79. The Morgan fingerprint density at radius 1 is 0.431 bits per heavy atom. The molecular formula is C54H41NOS2. The van der Waals surface area contributed by atoms with E-state index in [0.29, 0.717) is 0 Å². The highest BCUT2D eigenvalue weighted by Gasteiger charge is 2.37. The third-order valence-electron chi connectivity index (χ3n) is 13.1. The molecule has 0 radical (unpaired) electrons. The zero-order valence-corrected chi connectivity index (χ0v) is 34.7. The van der Waals surface area contributed by atoms with Gasteiger partial charge in [-0.25, -0.2) is 0 Å². The number of nitrogens with zero attached hydrogens (tertiary/aromatic N) is 1. The summed E-state index contributed by atoms with van der Waals surface area (Å²) in [5, 5.41) is 10.0. The maximum absolute atomic E-state index is 6.48. The first kappa shape index (κ1) is 34.1. The molecule has 1 aliphatic rings. The molecule has 0 amide bonds. The Hall–Kier alpha value is -5.94. The highest BCUT2D eigenvalue weighted by atomic mass is 32.1. The van der Waals surface area contributed by atoms with Crippen molar-refractivity contribution in [3.63, 3.8) is 0 Å². The summed E-state index contributed by atoms with van der Waals surface area (Å²) in [6, 6.07) is 56.5. The van der Waals surface area contributed by atoms with Gasteiger partial charge in [-0.2, -0.15) is 0 Å². The Balaban J connectivity index is 1.05. The fourth-order valence-corrected chi connectivity index (χ4v) is 12.1. The molecule has 0 aliphatic heterocycles. The van der Waals surface area contributed by atoms with Gasteiger partial charge >= 0.3 is 0 Å². The van der Waals surface area contributed by atoms with Crippen molar-refractivity contribution in [2.45, 2.75) is 51.4 Å². The number of para-hydroxylation sites is 1. The van der Waals surface area contributed by atoms with Gasteiger partial charge in [0, 0.05) is 73.9 Å². The van der Waals surface area contributed by atoms with Crippen molar-refractivity contribution < 1.29 is 4.42 Å². The van der Waals surface area contributed by atoms with Crippen LogP contribution in [0.1, 0.15) is 51.7 Å². The molecule has 280 valence electrons. The molecule has 1 aliphatic carbocycles. The smallest absolute Gasteiger partial charge is 0.137 e. The third kappa shape index (κ3) is 5.08. The van der Waals surface area contributed by atoms with E-state index < -0.39 is 0 Å². The van der Waals surface area contributed by atoms with Crippen molar-refractivity contribution >= 4 is 113 Å². The molecule has 0 saturated heterocycles. The SMILES string of the molecule is CC1(C)CCC(C)(C)c2cc3c(cc21)sc1ccc(-c2cccc4c(N(c5ccc6c(c5)oc5ccccc56)c5ccc6c(c5)sc5ccccc56)cccc24)cc13. The van der Waals surface area contributed by atoms with E-state index in [1.54, 1.807) is 0 Å². The highest BCUT2D eigenvalue weighted by Crippen LogP contribution is 2.50. The van der Waals surface area contributed by atoms with E-state index in [0.717, 1.165) is 39.0 Å². The first-order chi connectivity index (χ1) is 28.2. The van der Waals surface area contributed by atoms with Gasteiger partial charge in [0.1, 0.15) is 11.2 Å². The van der Waals surface area contributed by atoms with Crippen LogP contribution in [0.5, 0.6) is 0 Å². The molecule has 0 spiro atoms. The number of benzene rings is 8. The van der Waals surface area contributed by atoms with E-state index in [1.165, 1.54) is 86.2 Å². The lowest BCUT2D eigenvalue weighted by Crippen LogP contribution is -2.33. The molecule has 58 heavy (non-hydrogen) atoms. The van der Waals surface area contributed by atoms with Crippen LogP contribution in [-0.2, 0) is 10.8 Å². The van der Waals surface area contributed by atoms with E-state index in [-0.39, 0.29) is 10.8 Å². The molecule has 3 heterocycles. The van der Waals surface area contributed by atoms with E-state index in [1.807, 2.05) is 28.7 Å². The number of thiophene rings is 2. The number of hydrogen-bond acceptors (Lipinski definition) is 4. The van der Waals surface area contributed by atoms with Crippen LogP contribution in [0.15, 0.2) is 156 Å². The summed E-state index contributed by atoms with van der Waals surface area (Å²) in [5.41, 5.74) is 11.0. The molecule has 3 aromatic heterocycles. The zero-order valence-electron chi connectivity index (χ0n) is 33.0. The second kappa shape index (κ2) is 12.3. The van der Waals surface area contributed by atoms with E-state index >= 15 is 0 Å². The first-order valence-corrected chi connectivity index (χ1v) is 22.0. The van der Waals surface area contributed by atoms with Crippen LogP contribution in [-0.4, -0.2) is 0 Å². The van der Waals surface area contributed by atoms with Gasteiger partial charge in [-0.05, 0) is 118 Å². The molecule has 0 bridgehead atoms. The molecule has 0 saturated carbocycles. The van der Waals surface area contributed by atoms with Crippen molar-refractivity contribution in [1.29, 1.82) is 0 Å². The van der Waals surface area contributed by atoms with Crippen molar-refractivity contribution in [1.82, 2.24) is 0 Å². The minimum absolute atomic E-state index is 0.166. The zero-order chi connectivity index (χ0) is 38.9. The monoisotopic (exact) mass is 783 g/mol. The van der Waals surface area contributed by atoms with Crippen molar-refractivity contribution in [3.05, 3.63) is 163 Å². The van der Waals surface area contributed by atoms with Crippen LogP contribution >= 0.6 is 22.7 Å². The Labute approximate surface area is 345 Å². The average molecular weight is 784 g/mol. The summed E-state index contributed by atoms with van der Waals surface area (Å²) in [4.78, 5) is 2.42. The molecule has 0 fully saturated rings. The maximum Gasteiger partial charge on any atom is 0.137 e. The van der Waals surface area contributed by atoms with Crippen molar-refractivity contribution in [2.24, 2.45) is 0 Å². The predicted octanol–water partition coefficient (Wildman–Crippen LogP) is 17.0. The first-order valence-electron chi connectivity index (χ1n) is 20.4. The fraction of sp³-hybridized carbons (Fsp3) is 0.148. The van der Waals surface area contributed by atoms with Crippen molar-refractivity contribution in [3.8, 4) is 11.1 Å². The Morgan fingerprint density at radius 3 is 1.88 bits per heavy atom. The molecule has 11 aromatic rings. The predicted molar refractivity (Wildman–Crippen MR) is 252 cm³/mol. The minimum Gasteiger partial charge on any atom is -0.456 e. The van der Waals surface area contributed by atoms with E-state index in [9.17, 15) is 0 Å². The van der Waals surface area contributed by atoms with Crippen LogP contribution in [0, 0.1) is 0 Å². The Kier molecular flexibility index (Phi) is 7.23. The summed E-state index contributed by atoms with van der Waals surface area (Å²) < 4.78 is 11.8. The summed E-state index contributed by atoms with van der Waals surface area (Å²) in [5.74, 6) is 0. The van der Waals surface area contributed by atoms with Gasteiger partial charge in [-0.3, -0.25) is 0 Å². The van der Waals surface area contributed by atoms with Gasteiger partial charge in [-0.15, -0.1) is 22.7 Å². The standard InChI is InChI=1S/C54H41NOS2/c1-53(2)25-26-54(3,4)45-31-52-43(30-44(45)53)42-27-32(19-24-50(42)58-52)35-13-9-15-37-36(35)14-10-16-46(37)55(33-20-22-39-38-11-5-7-17-47(38)56-48(39)28-33)34-21-23-41-40-12-6-8-18-49(40)57-51(41)29-34/h5-24,27-31H,25-26H2,1-4H3. The molecule has 0 atom stereocenters. The molecule has 12 rings (SSSR count). The lowest BCUT2D eigenvalue weighted by atomic mass is 9.63. The average Bonchev–Trinajstić information content (AvgIpc) is 3.92. The second-order valence-electron chi connectivity index (χ2n) is 17.5. The van der Waals surface area contributed by atoms with Gasteiger partial charge in [0.15, 0.2) is 0 Å². The number of anilines is 3. The fourth-order valence-electron chi connectivity index (χ4n) is 9.88. The summed E-state index contributed by atoms with van der Waals surface area (Å²) in [7, 11) is 0. The molecule has 4 heteroatoms. The van der Waals surface area contributed by atoms with Crippen LogP contribution in [0.4, 0.5) is 17.1 Å². The maximum atomic E-state index is 6.48. The number of hydrogen-bond donors (Lipinski definition) is 0. The van der Waals surface area contributed by atoms with E-state index in [2.05, 4.69) is 178 Å². The molecular weight excluding hydrogens is 743 g/mol. The summed E-state index contributed by atoms with van der Waals surface area (Å²) in [6.45, 7) is 9.71. The highest BCUT2D eigenvalue weighted by molar-refractivity contribution is 7.26. The van der Waals surface area contributed by atoms with Gasteiger partial charge in [-0.1, -0.05) is 107 Å². The van der Waals surface area contributed by atoms with Crippen LogP contribution in [0.25, 0.3) is 84.2 Å². The lowest BCUT2D eigenvalue weighted by molar-refractivity contribution is 0.332. The number of furan rings is 1. The molecule has 8 aromatic carbocycles. The molecule has 2 nitrogen and oxygen atoms in total. The van der Waals surface area contributed by atoms with Gasteiger partial charge in [0.2, 0.25) is 0 Å². The number of rotatable bonds is 4. The van der Waals surface area contributed by atoms with Gasteiger partial charge < -0.3 is 9.32 Å². The third-order valence-corrected chi connectivity index (χ3v) is 15.4. The quantitative estimate of drug-likeness (QED) is 0.177. The van der Waals surface area contributed by atoms with E-state index in [4.69, 9.17) is 4.42 Å². The lowest BCUT2D eigenvalue weighted by Gasteiger charge is -2.41. The summed E-state index contributed by atoms with van der Waals surface area (Å²) in [6.07, 6.45) is 2.44. The van der Waals surface area contributed by atoms with Crippen LogP contribution < -0.4 is 4.90 Å². The minimum atomic E-state index is 0.166. The molecule has 0 N–H and O–H groups in total. The van der Waals surface area contributed by atoms with Gasteiger partial charge in [0.05, 0.1) is 5.69 Å². The van der Waals surface area contributed by atoms with Crippen LogP contribution in [0.2, 0.25) is 0 Å². The largest absolute Gasteiger partial charge is 0.456 e. The normalized spacial score (nSPS) is 15.0. The Bertz CT molecular complexity index is 3370. The number of fused-ring (bicyclic) bond motifs is 11. The topological polar surface area (TPSA) is 16.4 Å². The van der Waals surface area contributed by atoms with Gasteiger partial charge in [0.25, 0.3) is 0 Å².